The van der Waals surface area contributed by atoms with Crippen molar-refractivity contribution in [2.75, 3.05) is 0 Å². The van der Waals surface area contributed by atoms with Crippen LogP contribution in [0.15, 0.2) is 10.8 Å². The van der Waals surface area contributed by atoms with Crippen LogP contribution in [0.4, 0.5) is 13.2 Å². The van der Waals surface area contributed by atoms with Crippen LogP contribution in [0.5, 0.6) is 0 Å². The lowest BCUT2D eigenvalue weighted by molar-refractivity contribution is -0.141. The number of nitrogens with two attached hydrogens (primary N) is 1. The summed E-state index contributed by atoms with van der Waals surface area (Å²) < 4.78 is 40.1. The summed E-state index contributed by atoms with van der Waals surface area (Å²) in [4.78, 5) is 2.99. The van der Waals surface area contributed by atoms with E-state index in [1.807, 2.05) is 0 Å². The van der Waals surface area contributed by atoms with E-state index in [9.17, 15) is 13.2 Å². The lowest BCUT2D eigenvalue weighted by Crippen LogP contribution is -2.10. The highest BCUT2D eigenvalue weighted by Crippen LogP contribution is 2.30. The van der Waals surface area contributed by atoms with Crippen LogP contribution in [0.1, 0.15) is 11.5 Å². The van der Waals surface area contributed by atoms with Gasteiger partial charge in [-0.3, -0.25) is 0 Å². The molecule has 0 aliphatic rings. The number of oxazole rings is 1. The van der Waals surface area contributed by atoms with Gasteiger partial charge in [0, 0.05) is 0 Å². The molecule has 0 aliphatic carbocycles. The second kappa shape index (κ2) is 2.54. The van der Waals surface area contributed by atoms with Crippen LogP contribution in [-0.4, -0.2) is 4.98 Å². The zero-order chi connectivity index (χ0) is 8.48. The maximum Gasteiger partial charge on any atom is 0.436 e. The van der Waals surface area contributed by atoms with E-state index in [0.29, 0.717) is 0 Å². The molecule has 0 radical (unpaired) electrons. The molecule has 0 unspecified atom stereocenters. The summed E-state index contributed by atoms with van der Waals surface area (Å²) in [7, 11) is 0. The summed E-state index contributed by atoms with van der Waals surface area (Å²) in [6.07, 6.45) is -3.74. The third-order valence-electron chi connectivity index (χ3n) is 1.09. The van der Waals surface area contributed by atoms with Crippen LogP contribution in [0.3, 0.4) is 0 Å². The van der Waals surface area contributed by atoms with Crippen LogP contribution in [0.2, 0.25) is 0 Å². The number of hydrogen-bond donors (Lipinski definition) is 1. The second-order valence-corrected chi connectivity index (χ2v) is 1.83. The standard InChI is InChI=1S/C5H5F3N2O/c6-5(7,8)4-3(1-9)11-2-10-4/h2H,1,9H2. The predicted octanol–water partition coefficient (Wildman–Crippen LogP) is 1.15. The van der Waals surface area contributed by atoms with Crippen LogP contribution >= 0.6 is 0 Å². The summed E-state index contributed by atoms with van der Waals surface area (Å²) in [5, 5.41) is 0. The molecule has 0 amide bonds. The van der Waals surface area contributed by atoms with Gasteiger partial charge in [-0.1, -0.05) is 0 Å². The molecule has 62 valence electrons. The number of alkyl halides is 3. The van der Waals surface area contributed by atoms with Gasteiger partial charge < -0.3 is 10.2 Å². The van der Waals surface area contributed by atoms with Crippen LogP contribution in [-0.2, 0) is 12.7 Å². The van der Waals surface area contributed by atoms with Gasteiger partial charge in [0.15, 0.2) is 12.1 Å². The van der Waals surface area contributed by atoms with Crippen molar-refractivity contribution in [3.63, 3.8) is 0 Å². The fourth-order valence-electron chi connectivity index (χ4n) is 0.647. The quantitative estimate of drug-likeness (QED) is 0.680. The van der Waals surface area contributed by atoms with Crippen LogP contribution < -0.4 is 5.73 Å². The maximum absolute atomic E-state index is 11.9. The lowest BCUT2D eigenvalue weighted by atomic mass is 10.3. The molecule has 1 rings (SSSR count). The van der Waals surface area contributed by atoms with E-state index in [4.69, 9.17) is 5.73 Å². The number of nitrogens with zero attached hydrogens (tertiary/aromatic N) is 1. The fraction of sp³-hybridized carbons (Fsp3) is 0.400. The topological polar surface area (TPSA) is 52.0 Å². The molecule has 0 saturated carbocycles. The van der Waals surface area contributed by atoms with Gasteiger partial charge in [-0.15, -0.1) is 0 Å². The van der Waals surface area contributed by atoms with Gasteiger partial charge in [0.05, 0.1) is 6.54 Å². The molecule has 1 aromatic heterocycles. The molecule has 11 heavy (non-hydrogen) atoms. The summed E-state index contributed by atoms with van der Waals surface area (Å²) in [6, 6.07) is 0. The molecule has 0 fully saturated rings. The second-order valence-electron chi connectivity index (χ2n) is 1.83. The zero-order valence-electron chi connectivity index (χ0n) is 5.35. The van der Waals surface area contributed by atoms with Crippen molar-refractivity contribution in [1.29, 1.82) is 0 Å². The SMILES string of the molecule is NCc1ocnc1C(F)(F)F. The highest BCUT2D eigenvalue weighted by molar-refractivity contribution is 5.10. The Bertz CT molecular complexity index is 242. The van der Waals surface area contributed by atoms with E-state index in [0.717, 1.165) is 6.39 Å². The number of hydrogen-bond acceptors (Lipinski definition) is 3. The van der Waals surface area contributed by atoms with Crippen LogP contribution in [0.25, 0.3) is 0 Å². The number of rotatable bonds is 1. The molecular weight excluding hydrogens is 161 g/mol. The molecule has 2 N–H and O–H groups in total. The Kier molecular flexibility index (Phi) is 1.86. The van der Waals surface area contributed by atoms with E-state index in [1.165, 1.54) is 0 Å². The van der Waals surface area contributed by atoms with E-state index in [2.05, 4.69) is 9.40 Å². The minimum absolute atomic E-state index is 0.297. The van der Waals surface area contributed by atoms with Gasteiger partial charge in [0.25, 0.3) is 0 Å². The Morgan fingerprint density at radius 1 is 1.55 bits per heavy atom. The van der Waals surface area contributed by atoms with E-state index >= 15 is 0 Å². The average Bonchev–Trinajstić information content (AvgIpc) is 2.31. The molecular formula is C5H5F3N2O. The van der Waals surface area contributed by atoms with Gasteiger partial charge >= 0.3 is 6.18 Å². The fourth-order valence-corrected chi connectivity index (χ4v) is 0.647. The van der Waals surface area contributed by atoms with Gasteiger partial charge in [0.2, 0.25) is 0 Å². The Morgan fingerprint density at radius 3 is 2.55 bits per heavy atom. The van der Waals surface area contributed by atoms with Crippen molar-refractivity contribution < 1.29 is 17.6 Å². The van der Waals surface area contributed by atoms with Crippen molar-refractivity contribution in [1.82, 2.24) is 4.98 Å². The lowest BCUT2D eigenvalue weighted by Gasteiger charge is -2.01. The Morgan fingerprint density at radius 2 is 2.18 bits per heavy atom. The summed E-state index contributed by atoms with van der Waals surface area (Å²) >= 11 is 0. The number of halogens is 3. The average molecular weight is 166 g/mol. The summed E-state index contributed by atoms with van der Waals surface area (Å²) in [6.45, 7) is -0.297. The zero-order valence-corrected chi connectivity index (χ0v) is 5.35. The number of aromatic nitrogens is 1. The molecule has 0 bridgehead atoms. The van der Waals surface area contributed by atoms with Gasteiger partial charge in [-0.25, -0.2) is 4.98 Å². The Labute approximate surface area is 60.0 Å². The van der Waals surface area contributed by atoms with Crippen LogP contribution in [0, 0.1) is 0 Å². The highest BCUT2D eigenvalue weighted by Gasteiger charge is 2.36. The van der Waals surface area contributed by atoms with Crippen molar-refractivity contribution in [3.05, 3.63) is 17.8 Å². The van der Waals surface area contributed by atoms with Gasteiger partial charge in [-0.05, 0) is 0 Å². The third kappa shape index (κ3) is 1.51. The van der Waals surface area contributed by atoms with Crippen molar-refractivity contribution in [3.8, 4) is 0 Å². The maximum atomic E-state index is 11.9. The van der Waals surface area contributed by atoms with E-state index in [-0.39, 0.29) is 12.3 Å². The minimum Gasteiger partial charge on any atom is -0.446 e. The smallest absolute Gasteiger partial charge is 0.436 e. The first kappa shape index (κ1) is 8.06. The molecule has 0 aromatic carbocycles. The van der Waals surface area contributed by atoms with E-state index in [1.54, 1.807) is 0 Å². The minimum atomic E-state index is -4.47. The first-order valence-electron chi connectivity index (χ1n) is 2.75. The molecule has 3 nitrogen and oxygen atoms in total. The Balaban J connectivity index is 3.02. The first-order chi connectivity index (χ1) is 5.05. The van der Waals surface area contributed by atoms with Crippen molar-refractivity contribution in [2.45, 2.75) is 12.7 Å². The van der Waals surface area contributed by atoms with Gasteiger partial charge in [0.1, 0.15) is 5.76 Å². The molecule has 0 aliphatic heterocycles. The van der Waals surface area contributed by atoms with Crippen molar-refractivity contribution >= 4 is 0 Å². The molecule has 0 spiro atoms. The first-order valence-corrected chi connectivity index (χ1v) is 2.75. The monoisotopic (exact) mass is 166 g/mol. The van der Waals surface area contributed by atoms with Crippen molar-refractivity contribution in [2.24, 2.45) is 5.73 Å². The molecule has 1 heterocycles. The summed E-state index contributed by atoms with van der Waals surface area (Å²) in [5.41, 5.74) is 3.92. The Hall–Kier alpha value is -1.04. The molecule has 6 heteroatoms. The predicted molar refractivity (Wildman–Crippen MR) is 29.4 cm³/mol. The molecule has 0 atom stereocenters. The van der Waals surface area contributed by atoms with Gasteiger partial charge in [-0.2, -0.15) is 13.2 Å². The van der Waals surface area contributed by atoms with E-state index < -0.39 is 11.9 Å². The highest BCUT2D eigenvalue weighted by atomic mass is 19.4. The largest absolute Gasteiger partial charge is 0.446 e. The third-order valence-corrected chi connectivity index (χ3v) is 1.09. The molecule has 0 saturated heterocycles. The normalized spacial score (nSPS) is 12.0. The molecule has 1 aromatic rings. The summed E-state index contributed by atoms with van der Waals surface area (Å²) in [5.74, 6) is -0.336.